The highest BCUT2D eigenvalue weighted by molar-refractivity contribution is 7.98. The van der Waals surface area contributed by atoms with E-state index in [1.807, 2.05) is 0 Å². The van der Waals surface area contributed by atoms with E-state index in [1.54, 1.807) is 11.8 Å². The van der Waals surface area contributed by atoms with Crippen molar-refractivity contribution >= 4 is 11.8 Å². The van der Waals surface area contributed by atoms with Crippen molar-refractivity contribution in [3.63, 3.8) is 0 Å². The second kappa shape index (κ2) is 5.27. The molecule has 0 aliphatic heterocycles. The number of rotatable bonds is 4. The summed E-state index contributed by atoms with van der Waals surface area (Å²) in [7, 11) is 0. The van der Waals surface area contributed by atoms with Gasteiger partial charge in [0.15, 0.2) is 0 Å². The fraction of sp³-hybridized carbons (Fsp3) is 0.400. The average molecular weight is 197 g/mol. The van der Waals surface area contributed by atoms with Crippen molar-refractivity contribution < 1.29 is 4.84 Å². The molecule has 0 saturated carbocycles. The molecule has 0 saturated heterocycles. The van der Waals surface area contributed by atoms with Crippen molar-refractivity contribution in [1.82, 2.24) is 0 Å². The van der Waals surface area contributed by atoms with E-state index in [0.29, 0.717) is 6.61 Å². The molecule has 0 aliphatic rings. The van der Waals surface area contributed by atoms with Crippen LogP contribution in [0.2, 0.25) is 0 Å². The highest BCUT2D eigenvalue weighted by Gasteiger charge is 2.00. The Kier molecular flexibility index (Phi) is 4.28. The van der Waals surface area contributed by atoms with E-state index in [2.05, 4.69) is 36.2 Å². The molecule has 1 aromatic rings. The van der Waals surface area contributed by atoms with Crippen molar-refractivity contribution in [2.24, 2.45) is 5.90 Å². The molecule has 0 aliphatic carbocycles. The van der Waals surface area contributed by atoms with Crippen LogP contribution in [-0.2, 0) is 11.3 Å². The summed E-state index contributed by atoms with van der Waals surface area (Å²) in [5.41, 5.74) is 2.60. The van der Waals surface area contributed by atoms with Crippen LogP contribution >= 0.6 is 11.8 Å². The summed E-state index contributed by atoms with van der Waals surface area (Å²) in [6.45, 7) is 2.68. The molecule has 0 atom stereocenters. The second-order valence-electron chi connectivity index (χ2n) is 2.94. The highest BCUT2D eigenvalue weighted by Crippen LogP contribution is 2.22. The summed E-state index contributed by atoms with van der Waals surface area (Å²) in [6.07, 6.45) is 2.97. The molecule has 0 radical (unpaired) electrons. The van der Waals surface area contributed by atoms with Crippen LogP contribution in [0.1, 0.15) is 11.1 Å². The molecule has 0 amide bonds. The van der Waals surface area contributed by atoms with Crippen LogP contribution in [0.25, 0.3) is 0 Å². The first-order chi connectivity index (χ1) is 6.27. The van der Waals surface area contributed by atoms with Crippen LogP contribution in [0, 0.1) is 6.92 Å². The maximum atomic E-state index is 4.99. The number of aryl methyl sites for hydroxylation is 1. The zero-order valence-electron chi connectivity index (χ0n) is 8.04. The zero-order chi connectivity index (χ0) is 9.68. The van der Waals surface area contributed by atoms with Gasteiger partial charge in [-0.05, 0) is 31.2 Å². The van der Waals surface area contributed by atoms with Gasteiger partial charge in [0.1, 0.15) is 0 Å². The van der Waals surface area contributed by atoms with Crippen molar-refractivity contribution in [2.75, 3.05) is 12.9 Å². The number of hydrogen-bond acceptors (Lipinski definition) is 3. The van der Waals surface area contributed by atoms with Gasteiger partial charge >= 0.3 is 0 Å². The minimum Gasteiger partial charge on any atom is -0.304 e. The normalized spacial score (nSPS) is 10.4. The summed E-state index contributed by atoms with van der Waals surface area (Å²) in [4.78, 5) is 5.88. The monoisotopic (exact) mass is 197 g/mol. The Balaban J connectivity index is 2.79. The van der Waals surface area contributed by atoms with E-state index < -0.39 is 0 Å². The molecular weight excluding hydrogens is 182 g/mol. The molecule has 1 aromatic carbocycles. The highest BCUT2D eigenvalue weighted by atomic mass is 32.2. The number of thioether (sulfide) groups is 1. The van der Waals surface area contributed by atoms with Gasteiger partial charge in [0.25, 0.3) is 0 Å². The SMILES string of the molecule is CSc1cc(C)ccc1CCON. The van der Waals surface area contributed by atoms with E-state index >= 15 is 0 Å². The Hall–Kier alpha value is -0.510. The van der Waals surface area contributed by atoms with Crippen molar-refractivity contribution in [3.8, 4) is 0 Å². The lowest BCUT2D eigenvalue weighted by atomic mass is 10.1. The van der Waals surface area contributed by atoms with Gasteiger partial charge in [-0.3, -0.25) is 0 Å². The van der Waals surface area contributed by atoms with Crippen LogP contribution < -0.4 is 5.90 Å². The second-order valence-corrected chi connectivity index (χ2v) is 3.78. The first-order valence-electron chi connectivity index (χ1n) is 4.23. The maximum absolute atomic E-state index is 4.99. The smallest absolute Gasteiger partial charge is 0.0720 e. The fourth-order valence-electron chi connectivity index (χ4n) is 1.23. The summed E-state index contributed by atoms with van der Waals surface area (Å²) in [5.74, 6) is 4.99. The van der Waals surface area contributed by atoms with Gasteiger partial charge in [-0.1, -0.05) is 17.7 Å². The topological polar surface area (TPSA) is 35.2 Å². The predicted molar refractivity (Wildman–Crippen MR) is 56.8 cm³/mol. The summed E-state index contributed by atoms with van der Waals surface area (Å²) in [6, 6.07) is 6.45. The van der Waals surface area contributed by atoms with Crippen molar-refractivity contribution in [2.45, 2.75) is 18.2 Å². The van der Waals surface area contributed by atoms with E-state index in [-0.39, 0.29) is 0 Å². The van der Waals surface area contributed by atoms with Gasteiger partial charge in [-0.15, -0.1) is 11.8 Å². The Bertz CT molecular complexity index is 276. The zero-order valence-corrected chi connectivity index (χ0v) is 8.86. The van der Waals surface area contributed by atoms with Crippen LogP contribution in [0.4, 0.5) is 0 Å². The van der Waals surface area contributed by atoms with E-state index in [9.17, 15) is 0 Å². The van der Waals surface area contributed by atoms with Crippen LogP contribution in [0.15, 0.2) is 23.1 Å². The molecule has 0 unspecified atom stereocenters. The van der Waals surface area contributed by atoms with Crippen molar-refractivity contribution in [3.05, 3.63) is 29.3 Å². The molecule has 3 heteroatoms. The van der Waals surface area contributed by atoms with Gasteiger partial charge in [0, 0.05) is 4.90 Å². The molecule has 0 heterocycles. The lowest BCUT2D eigenvalue weighted by Gasteiger charge is -2.07. The Labute approximate surface area is 83.4 Å². The van der Waals surface area contributed by atoms with Crippen LogP contribution in [0.5, 0.6) is 0 Å². The first-order valence-corrected chi connectivity index (χ1v) is 5.45. The molecule has 1 rings (SSSR count). The van der Waals surface area contributed by atoms with Crippen molar-refractivity contribution in [1.29, 1.82) is 0 Å². The molecule has 2 N–H and O–H groups in total. The van der Waals surface area contributed by atoms with Gasteiger partial charge < -0.3 is 4.84 Å². The third kappa shape index (κ3) is 3.03. The van der Waals surface area contributed by atoms with Gasteiger partial charge in [-0.2, -0.15) is 0 Å². The largest absolute Gasteiger partial charge is 0.304 e. The molecule has 0 aromatic heterocycles. The van der Waals surface area contributed by atoms with Gasteiger partial charge in [-0.25, -0.2) is 5.90 Å². The lowest BCUT2D eigenvalue weighted by Crippen LogP contribution is -2.04. The fourth-order valence-corrected chi connectivity index (χ4v) is 1.96. The number of hydrogen-bond donors (Lipinski definition) is 1. The first kappa shape index (κ1) is 10.6. The Morgan fingerprint density at radius 3 is 2.85 bits per heavy atom. The van der Waals surface area contributed by atoms with Gasteiger partial charge in [0.05, 0.1) is 6.61 Å². The third-order valence-electron chi connectivity index (χ3n) is 1.93. The number of benzene rings is 1. The minimum atomic E-state index is 0.580. The average Bonchev–Trinajstić information content (AvgIpc) is 2.16. The van der Waals surface area contributed by atoms with Crippen LogP contribution in [0.3, 0.4) is 0 Å². The molecule has 0 fully saturated rings. The van der Waals surface area contributed by atoms with E-state index in [1.165, 1.54) is 16.0 Å². The predicted octanol–water partition coefficient (Wildman–Crippen LogP) is 2.15. The third-order valence-corrected chi connectivity index (χ3v) is 2.75. The summed E-state index contributed by atoms with van der Waals surface area (Å²) < 4.78 is 0. The molecule has 0 spiro atoms. The lowest BCUT2D eigenvalue weighted by molar-refractivity contribution is 0.141. The van der Waals surface area contributed by atoms with E-state index in [4.69, 9.17) is 5.90 Å². The Morgan fingerprint density at radius 2 is 2.23 bits per heavy atom. The summed E-state index contributed by atoms with van der Waals surface area (Å²) >= 11 is 1.76. The quantitative estimate of drug-likeness (QED) is 0.593. The molecule has 13 heavy (non-hydrogen) atoms. The summed E-state index contributed by atoms with van der Waals surface area (Å²) in [5, 5.41) is 0. The molecule has 0 bridgehead atoms. The molecular formula is C10H15NOS. The van der Waals surface area contributed by atoms with Gasteiger partial charge in [0.2, 0.25) is 0 Å². The van der Waals surface area contributed by atoms with E-state index in [0.717, 1.165) is 6.42 Å². The maximum Gasteiger partial charge on any atom is 0.0720 e. The van der Waals surface area contributed by atoms with Crippen LogP contribution in [-0.4, -0.2) is 12.9 Å². The standard InChI is InChI=1S/C10H15NOS/c1-8-3-4-9(5-6-12-11)10(7-8)13-2/h3-4,7H,5-6,11H2,1-2H3. The molecule has 2 nitrogen and oxygen atoms in total. The Morgan fingerprint density at radius 1 is 1.46 bits per heavy atom. The number of nitrogens with two attached hydrogens (primary N) is 1. The minimum absolute atomic E-state index is 0.580. The molecule has 72 valence electrons.